The number of carbonyl (C=O) groups excluding carboxylic acids is 1. The van der Waals surface area contributed by atoms with Crippen molar-refractivity contribution in [3.05, 3.63) is 65.5 Å². The molecular weight excluding hydrogens is 493 g/mol. The van der Waals surface area contributed by atoms with Crippen LogP contribution in [0.5, 0.6) is 5.75 Å². The number of nitro benzene ring substituents is 1. The van der Waals surface area contributed by atoms with Crippen LogP contribution < -0.4 is 10.2 Å². The number of nitrogens with one attached hydrogen (secondary N) is 1. The highest BCUT2D eigenvalue weighted by molar-refractivity contribution is 9.11. The molecule has 0 spiro atoms. The van der Waals surface area contributed by atoms with Gasteiger partial charge in [-0.1, -0.05) is 33.6 Å². The molecule has 0 saturated carbocycles. The molecule has 10 heteroatoms. The summed E-state index contributed by atoms with van der Waals surface area (Å²) in [5.41, 5.74) is 3.34. The fraction of sp³-hybridized carbons (Fsp3) is 0.125. The maximum absolute atomic E-state index is 11.8. The van der Waals surface area contributed by atoms with E-state index in [0.717, 1.165) is 10.0 Å². The Balaban J connectivity index is 1.94. The number of hydrazone groups is 1. The van der Waals surface area contributed by atoms with Gasteiger partial charge in [0.2, 0.25) is 0 Å². The van der Waals surface area contributed by atoms with Gasteiger partial charge in [-0.05, 0) is 46.6 Å². The number of halogens is 3. The van der Waals surface area contributed by atoms with Gasteiger partial charge in [-0.25, -0.2) is 5.43 Å². The molecule has 0 fully saturated rings. The number of amides is 1. The van der Waals surface area contributed by atoms with E-state index in [4.69, 9.17) is 16.3 Å². The summed E-state index contributed by atoms with van der Waals surface area (Å²) in [6.07, 6.45) is 1.28. The number of hydrogen-bond donors (Lipinski definition) is 1. The maximum atomic E-state index is 11.8. The van der Waals surface area contributed by atoms with Crippen LogP contribution in [0.4, 0.5) is 5.69 Å². The van der Waals surface area contributed by atoms with Crippen molar-refractivity contribution in [3.8, 4) is 5.75 Å². The van der Waals surface area contributed by atoms with Crippen molar-refractivity contribution in [2.24, 2.45) is 5.10 Å². The lowest BCUT2D eigenvalue weighted by atomic mass is 10.2. The van der Waals surface area contributed by atoms with Gasteiger partial charge in [-0.3, -0.25) is 14.9 Å². The monoisotopic (exact) mass is 503 g/mol. The molecule has 0 saturated heterocycles. The highest BCUT2D eigenvalue weighted by Gasteiger charge is 2.12. The van der Waals surface area contributed by atoms with E-state index < -0.39 is 10.8 Å². The fourth-order valence-corrected chi connectivity index (χ4v) is 3.71. The SMILES string of the molecule is Cc1cc(Br)cc(Br)c1OCC(=O)NN=Cc1ccc(Cl)c([N+](=O)[O-])c1. The second-order valence-corrected chi connectivity index (χ2v) is 7.26. The second-order valence-electron chi connectivity index (χ2n) is 5.08. The number of hydrogen-bond acceptors (Lipinski definition) is 5. The summed E-state index contributed by atoms with van der Waals surface area (Å²) >= 11 is 12.5. The average Bonchev–Trinajstić information content (AvgIpc) is 2.55. The number of nitrogens with zero attached hydrogens (tertiary/aromatic N) is 2. The molecule has 0 atom stereocenters. The van der Waals surface area contributed by atoms with Gasteiger partial charge in [0.15, 0.2) is 6.61 Å². The van der Waals surface area contributed by atoms with Crippen LogP contribution >= 0.6 is 43.5 Å². The summed E-state index contributed by atoms with van der Waals surface area (Å²) in [4.78, 5) is 22.1. The smallest absolute Gasteiger partial charge is 0.288 e. The number of nitro groups is 1. The molecule has 0 aromatic heterocycles. The van der Waals surface area contributed by atoms with Crippen LogP contribution in [-0.2, 0) is 4.79 Å². The Kier molecular flexibility index (Phi) is 7.13. The Morgan fingerprint density at radius 1 is 1.38 bits per heavy atom. The van der Waals surface area contributed by atoms with Crippen molar-refractivity contribution < 1.29 is 14.5 Å². The van der Waals surface area contributed by atoms with Gasteiger partial charge in [-0.2, -0.15) is 5.10 Å². The first-order valence-corrected chi connectivity index (χ1v) is 9.08. The molecule has 136 valence electrons. The predicted octanol–water partition coefficient (Wildman–Crippen LogP) is 4.61. The van der Waals surface area contributed by atoms with Crippen molar-refractivity contribution >= 4 is 61.3 Å². The standard InChI is InChI=1S/C16H12Br2ClN3O4/c1-9-4-11(17)6-12(18)16(9)26-8-15(23)21-20-7-10-2-3-13(19)14(5-10)22(24)25/h2-7H,8H2,1H3,(H,21,23). The fourth-order valence-electron chi connectivity index (χ4n) is 1.97. The minimum absolute atomic E-state index is 0.0278. The van der Waals surface area contributed by atoms with Gasteiger partial charge in [0.1, 0.15) is 10.8 Å². The summed E-state index contributed by atoms with van der Waals surface area (Å²) in [6, 6.07) is 7.87. The Labute approximate surface area is 170 Å². The zero-order valence-electron chi connectivity index (χ0n) is 13.3. The van der Waals surface area contributed by atoms with Crippen molar-refractivity contribution in [3.63, 3.8) is 0 Å². The summed E-state index contributed by atoms with van der Waals surface area (Å²) in [5.74, 6) is 0.0830. The predicted molar refractivity (Wildman–Crippen MR) is 106 cm³/mol. The van der Waals surface area contributed by atoms with Crippen LogP contribution in [-0.4, -0.2) is 23.7 Å². The molecule has 7 nitrogen and oxygen atoms in total. The van der Waals surface area contributed by atoms with Crippen molar-refractivity contribution in [2.75, 3.05) is 6.61 Å². The van der Waals surface area contributed by atoms with E-state index in [1.54, 1.807) is 6.07 Å². The zero-order chi connectivity index (χ0) is 19.3. The first kappa shape index (κ1) is 20.3. The molecule has 0 aliphatic heterocycles. The Morgan fingerprint density at radius 3 is 2.77 bits per heavy atom. The topological polar surface area (TPSA) is 93.8 Å². The molecule has 0 aliphatic carbocycles. The van der Waals surface area contributed by atoms with E-state index in [1.165, 1.54) is 18.3 Å². The minimum Gasteiger partial charge on any atom is -0.482 e. The Hall–Kier alpha value is -1.97. The van der Waals surface area contributed by atoms with Gasteiger partial charge in [0.25, 0.3) is 11.6 Å². The van der Waals surface area contributed by atoms with Crippen molar-refractivity contribution in [1.29, 1.82) is 0 Å². The van der Waals surface area contributed by atoms with E-state index >= 15 is 0 Å². The number of benzene rings is 2. The molecular formula is C16H12Br2ClN3O4. The highest BCUT2D eigenvalue weighted by Crippen LogP contribution is 2.32. The first-order chi connectivity index (χ1) is 12.3. The maximum Gasteiger partial charge on any atom is 0.288 e. The lowest BCUT2D eigenvalue weighted by Crippen LogP contribution is -2.24. The van der Waals surface area contributed by atoms with E-state index in [-0.39, 0.29) is 17.3 Å². The molecule has 0 unspecified atom stereocenters. The molecule has 2 rings (SSSR count). The molecule has 0 heterocycles. The number of aryl methyl sites for hydroxylation is 1. The third-order valence-electron chi connectivity index (χ3n) is 3.11. The summed E-state index contributed by atoms with van der Waals surface area (Å²) < 4.78 is 7.10. The third kappa shape index (κ3) is 5.52. The molecule has 26 heavy (non-hydrogen) atoms. The zero-order valence-corrected chi connectivity index (χ0v) is 17.3. The quantitative estimate of drug-likeness (QED) is 0.352. The number of ether oxygens (including phenoxy) is 1. The van der Waals surface area contributed by atoms with Gasteiger partial charge >= 0.3 is 0 Å². The summed E-state index contributed by atoms with van der Waals surface area (Å²) in [7, 11) is 0. The normalized spacial score (nSPS) is 10.8. The van der Waals surface area contributed by atoms with E-state index in [0.29, 0.717) is 15.8 Å². The molecule has 0 bridgehead atoms. The summed E-state index contributed by atoms with van der Waals surface area (Å²) in [5, 5.41) is 14.6. The van der Waals surface area contributed by atoms with Crippen LogP contribution in [0.25, 0.3) is 0 Å². The van der Waals surface area contributed by atoms with Crippen LogP contribution in [0.15, 0.2) is 44.4 Å². The van der Waals surface area contributed by atoms with Gasteiger partial charge < -0.3 is 4.74 Å². The lowest BCUT2D eigenvalue weighted by Gasteiger charge is -2.10. The third-order valence-corrected chi connectivity index (χ3v) is 4.48. The molecule has 0 radical (unpaired) electrons. The van der Waals surface area contributed by atoms with Crippen LogP contribution in [0.2, 0.25) is 5.02 Å². The Morgan fingerprint density at radius 2 is 2.12 bits per heavy atom. The Bertz CT molecular complexity index is 867. The highest BCUT2D eigenvalue weighted by atomic mass is 79.9. The van der Waals surface area contributed by atoms with E-state index in [9.17, 15) is 14.9 Å². The van der Waals surface area contributed by atoms with Crippen LogP contribution in [0.3, 0.4) is 0 Å². The number of carbonyl (C=O) groups is 1. The van der Waals surface area contributed by atoms with E-state index in [2.05, 4.69) is 42.4 Å². The lowest BCUT2D eigenvalue weighted by molar-refractivity contribution is -0.384. The minimum atomic E-state index is -0.593. The molecule has 2 aromatic rings. The molecule has 1 amide bonds. The van der Waals surface area contributed by atoms with Gasteiger partial charge in [-0.15, -0.1) is 0 Å². The van der Waals surface area contributed by atoms with Crippen LogP contribution in [0.1, 0.15) is 11.1 Å². The largest absolute Gasteiger partial charge is 0.482 e. The average molecular weight is 506 g/mol. The van der Waals surface area contributed by atoms with Crippen molar-refractivity contribution in [1.82, 2.24) is 5.43 Å². The van der Waals surface area contributed by atoms with Crippen molar-refractivity contribution in [2.45, 2.75) is 6.92 Å². The molecule has 1 N–H and O–H groups in total. The second kappa shape index (κ2) is 9.11. The number of rotatable bonds is 6. The van der Waals surface area contributed by atoms with Gasteiger partial charge in [0.05, 0.1) is 15.6 Å². The summed E-state index contributed by atoms with van der Waals surface area (Å²) in [6.45, 7) is 1.62. The molecule has 2 aromatic carbocycles. The first-order valence-electron chi connectivity index (χ1n) is 7.12. The van der Waals surface area contributed by atoms with Crippen LogP contribution in [0, 0.1) is 17.0 Å². The van der Waals surface area contributed by atoms with Gasteiger partial charge in [0, 0.05) is 16.1 Å². The molecule has 0 aliphatic rings. The van der Waals surface area contributed by atoms with E-state index in [1.807, 2.05) is 19.1 Å².